The van der Waals surface area contributed by atoms with E-state index in [-0.39, 0.29) is 0 Å². The Morgan fingerprint density at radius 1 is 1.14 bits per heavy atom. The zero-order valence-electron chi connectivity index (χ0n) is 11.9. The third kappa shape index (κ3) is 2.78. The summed E-state index contributed by atoms with van der Waals surface area (Å²) in [6, 6.07) is 11.0. The number of rotatable bonds is 3. The van der Waals surface area contributed by atoms with Gasteiger partial charge in [-0.15, -0.1) is 0 Å². The second-order valence-corrected chi connectivity index (χ2v) is 6.82. The molecule has 3 aliphatic rings. The minimum Gasteiger partial charge on any atom is -0.368 e. The Labute approximate surface area is 133 Å². The van der Waals surface area contributed by atoms with Gasteiger partial charge in [-0.1, -0.05) is 15.9 Å². The van der Waals surface area contributed by atoms with Gasteiger partial charge in [-0.25, -0.2) is 4.98 Å². The molecule has 2 aromatic rings. The molecule has 21 heavy (non-hydrogen) atoms. The molecule has 0 amide bonds. The highest BCUT2D eigenvalue weighted by molar-refractivity contribution is 9.10. The average molecular weight is 347 g/mol. The maximum Gasteiger partial charge on any atom is 0.126 e. The fourth-order valence-corrected chi connectivity index (χ4v) is 3.71. The molecule has 1 aromatic carbocycles. The summed E-state index contributed by atoms with van der Waals surface area (Å²) in [5.74, 6) is 0.975. The lowest BCUT2D eigenvalue weighted by molar-refractivity contribution is 0.0189. The maximum absolute atomic E-state index is 4.70. The smallest absolute Gasteiger partial charge is 0.126 e. The molecule has 5 rings (SSSR count). The van der Waals surface area contributed by atoms with Crippen LogP contribution in [-0.4, -0.2) is 60.1 Å². The summed E-state index contributed by atoms with van der Waals surface area (Å²) in [6.45, 7) is 7.06. The summed E-state index contributed by atoms with van der Waals surface area (Å²) in [7, 11) is 0. The fourth-order valence-electron chi connectivity index (χ4n) is 3.34. The third-order valence-corrected chi connectivity index (χ3v) is 5.06. The van der Waals surface area contributed by atoms with E-state index < -0.39 is 0 Å². The van der Waals surface area contributed by atoms with Crippen LogP contribution in [0.2, 0.25) is 0 Å². The van der Waals surface area contributed by atoms with Crippen LogP contribution in [0, 0.1) is 0 Å². The molecule has 1 N–H and O–H groups in total. The number of halogens is 1. The zero-order chi connectivity index (χ0) is 14.2. The summed E-state index contributed by atoms with van der Waals surface area (Å²) in [4.78, 5) is 9.87. The van der Waals surface area contributed by atoms with Gasteiger partial charge < -0.3 is 5.32 Å². The van der Waals surface area contributed by atoms with Crippen molar-refractivity contribution in [2.45, 2.75) is 6.04 Å². The number of piperazine rings is 3. The molecule has 4 nitrogen and oxygen atoms in total. The average Bonchev–Trinajstić information content (AvgIpc) is 2.54. The van der Waals surface area contributed by atoms with Crippen LogP contribution in [0.5, 0.6) is 0 Å². The molecule has 3 aliphatic heterocycles. The summed E-state index contributed by atoms with van der Waals surface area (Å²) in [6.07, 6.45) is 0. The predicted octanol–water partition coefficient (Wildman–Crippen LogP) is 2.41. The van der Waals surface area contributed by atoms with Crippen molar-refractivity contribution in [3.05, 3.63) is 34.8 Å². The second kappa shape index (κ2) is 5.55. The molecular weight excluding hydrogens is 328 g/mol. The number of anilines is 1. The van der Waals surface area contributed by atoms with Gasteiger partial charge in [0.15, 0.2) is 0 Å². The molecule has 5 heteroatoms. The Bertz CT molecular complexity index is 652. The number of hydrogen-bond acceptors (Lipinski definition) is 4. The number of fused-ring (bicyclic) bond motifs is 4. The van der Waals surface area contributed by atoms with Crippen LogP contribution in [0.1, 0.15) is 0 Å². The molecule has 1 aromatic heterocycles. The molecule has 0 aliphatic carbocycles. The van der Waals surface area contributed by atoms with E-state index in [1.807, 2.05) is 6.07 Å². The van der Waals surface area contributed by atoms with E-state index in [0.29, 0.717) is 6.04 Å². The number of hydrogen-bond donors (Lipinski definition) is 1. The number of nitrogens with one attached hydrogen (secondary N) is 1. The first-order chi connectivity index (χ1) is 10.3. The molecule has 2 bridgehead atoms. The summed E-state index contributed by atoms with van der Waals surface area (Å²) in [5.41, 5.74) is 1.04. The molecule has 110 valence electrons. The van der Waals surface area contributed by atoms with Crippen LogP contribution >= 0.6 is 15.9 Å². The van der Waals surface area contributed by atoms with Crippen LogP contribution < -0.4 is 5.32 Å². The highest BCUT2D eigenvalue weighted by atomic mass is 79.9. The van der Waals surface area contributed by atoms with E-state index in [4.69, 9.17) is 4.98 Å². The van der Waals surface area contributed by atoms with Gasteiger partial charge in [0.25, 0.3) is 0 Å². The second-order valence-electron chi connectivity index (χ2n) is 5.90. The third-order valence-electron chi connectivity index (χ3n) is 4.56. The van der Waals surface area contributed by atoms with Gasteiger partial charge in [-0.3, -0.25) is 9.80 Å². The first-order valence-electron chi connectivity index (χ1n) is 7.54. The highest BCUT2D eigenvalue weighted by Gasteiger charge is 2.31. The van der Waals surface area contributed by atoms with Gasteiger partial charge in [-0.05, 0) is 30.3 Å². The Kier molecular flexibility index (Phi) is 3.57. The maximum atomic E-state index is 4.70. The van der Waals surface area contributed by atoms with Crippen LogP contribution in [0.3, 0.4) is 0 Å². The predicted molar refractivity (Wildman–Crippen MR) is 89.7 cm³/mol. The van der Waals surface area contributed by atoms with Gasteiger partial charge in [0.05, 0.1) is 5.52 Å². The summed E-state index contributed by atoms with van der Waals surface area (Å²) < 4.78 is 1.09. The van der Waals surface area contributed by atoms with Crippen molar-refractivity contribution in [3.8, 4) is 0 Å². The van der Waals surface area contributed by atoms with E-state index in [1.165, 1.54) is 38.1 Å². The van der Waals surface area contributed by atoms with Gasteiger partial charge in [-0.2, -0.15) is 0 Å². The molecule has 0 spiro atoms. The quantitative estimate of drug-likeness (QED) is 0.924. The molecular formula is C16H19BrN4. The lowest BCUT2D eigenvalue weighted by Gasteiger charge is -2.47. The number of pyridine rings is 1. The minimum absolute atomic E-state index is 0.620. The molecule has 3 fully saturated rings. The monoisotopic (exact) mass is 346 g/mol. The highest BCUT2D eigenvalue weighted by Crippen LogP contribution is 2.21. The lowest BCUT2D eigenvalue weighted by atomic mass is 10.1. The number of aromatic nitrogens is 1. The van der Waals surface area contributed by atoms with Gasteiger partial charge >= 0.3 is 0 Å². The van der Waals surface area contributed by atoms with E-state index in [1.54, 1.807) is 0 Å². The van der Waals surface area contributed by atoms with E-state index in [2.05, 4.69) is 55.3 Å². The van der Waals surface area contributed by atoms with Crippen LogP contribution in [0.15, 0.2) is 34.8 Å². The van der Waals surface area contributed by atoms with E-state index in [0.717, 1.165) is 22.4 Å². The fraction of sp³-hybridized carbons (Fsp3) is 0.438. The minimum atomic E-state index is 0.620. The number of benzene rings is 1. The molecule has 0 radical (unpaired) electrons. The Hall–Kier alpha value is -1.17. The Morgan fingerprint density at radius 2 is 2.00 bits per heavy atom. The molecule has 0 saturated carbocycles. The van der Waals surface area contributed by atoms with Crippen LogP contribution in [-0.2, 0) is 0 Å². The molecule has 4 heterocycles. The van der Waals surface area contributed by atoms with Gasteiger partial charge in [0, 0.05) is 55.2 Å². The van der Waals surface area contributed by atoms with Crippen molar-refractivity contribution >= 4 is 32.7 Å². The summed E-state index contributed by atoms with van der Waals surface area (Å²) in [5, 5.41) is 4.68. The standard InChI is InChI=1S/C16H19BrN4/c17-13-2-3-15-12(9-13)1-4-16(19-15)18-10-14-11-20-5-7-21(14)8-6-20/h1-4,9,14H,5-8,10-11H2,(H,18,19). The Balaban J connectivity index is 1.46. The van der Waals surface area contributed by atoms with Gasteiger partial charge in [0.2, 0.25) is 0 Å². The first kappa shape index (κ1) is 13.5. The van der Waals surface area contributed by atoms with Gasteiger partial charge in [0.1, 0.15) is 5.82 Å². The normalized spacial score (nSPS) is 28.0. The van der Waals surface area contributed by atoms with Crippen molar-refractivity contribution < 1.29 is 0 Å². The Morgan fingerprint density at radius 3 is 2.76 bits per heavy atom. The van der Waals surface area contributed by atoms with Crippen molar-refractivity contribution in [1.82, 2.24) is 14.8 Å². The molecule has 1 unspecified atom stereocenters. The van der Waals surface area contributed by atoms with Crippen LogP contribution in [0.25, 0.3) is 10.9 Å². The summed E-state index contributed by atoms with van der Waals surface area (Å²) >= 11 is 3.50. The van der Waals surface area contributed by atoms with E-state index in [9.17, 15) is 0 Å². The SMILES string of the molecule is Brc1ccc2nc(NCC3CN4CCN3CC4)ccc2c1. The molecule has 3 saturated heterocycles. The largest absolute Gasteiger partial charge is 0.368 e. The van der Waals surface area contributed by atoms with Crippen molar-refractivity contribution in [2.24, 2.45) is 0 Å². The van der Waals surface area contributed by atoms with E-state index >= 15 is 0 Å². The molecule has 1 atom stereocenters. The van der Waals surface area contributed by atoms with Crippen molar-refractivity contribution in [2.75, 3.05) is 44.6 Å². The number of nitrogens with zero attached hydrogens (tertiary/aromatic N) is 3. The topological polar surface area (TPSA) is 31.4 Å². The van der Waals surface area contributed by atoms with Crippen molar-refractivity contribution in [1.29, 1.82) is 0 Å². The van der Waals surface area contributed by atoms with Crippen LogP contribution in [0.4, 0.5) is 5.82 Å². The van der Waals surface area contributed by atoms with Crippen molar-refractivity contribution in [3.63, 3.8) is 0 Å². The lowest BCUT2D eigenvalue weighted by Crippen LogP contribution is -2.62. The zero-order valence-corrected chi connectivity index (χ0v) is 13.5. The first-order valence-corrected chi connectivity index (χ1v) is 8.34.